The standard InChI is InChI=1S/C20H19ClN4O/c1-13-3-6-15(7-4-13)12-23-20-22-10-9-18(25-20)19(26)24-16-8-5-14(2)17(21)11-16/h3-11H,12H2,1-2H3,(H,24,26)(H,22,23,25). The summed E-state index contributed by atoms with van der Waals surface area (Å²) in [4.78, 5) is 20.8. The van der Waals surface area contributed by atoms with Crippen molar-refractivity contribution in [3.63, 3.8) is 0 Å². The van der Waals surface area contributed by atoms with Gasteiger partial charge in [-0.3, -0.25) is 4.79 Å². The van der Waals surface area contributed by atoms with Gasteiger partial charge in [-0.2, -0.15) is 0 Å². The van der Waals surface area contributed by atoms with Gasteiger partial charge >= 0.3 is 0 Å². The van der Waals surface area contributed by atoms with Gasteiger partial charge in [-0.1, -0.05) is 47.5 Å². The van der Waals surface area contributed by atoms with E-state index in [0.29, 0.717) is 23.2 Å². The molecule has 0 aliphatic rings. The highest BCUT2D eigenvalue weighted by atomic mass is 35.5. The minimum atomic E-state index is -0.314. The number of carbonyl (C=O) groups is 1. The van der Waals surface area contributed by atoms with Crippen LogP contribution in [0.2, 0.25) is 5.02 Å². The Morgan fingerprint density at radius 3 is 2.58 bits per heavy atom. The molecule has 2 aromatic carbocycles. The predicted octanol–water partition coefficient (Wildman–Crippen LogP) is 4.61. The highest BCUT2D eigenvalue weighted by Crippen LogP contribution is 2.20. The quantitative estimate of drug-likeness (QED) is 0.691. The first-order valence-electron chi connectivity index (χ1n) is 8.21. The van der Waals surface area contributed by atoms with Crippen molar-refractivity contribution in [3.05, 3.63) is 82.1 Å². The molecule has 0 bridgehead atoms. The number of aromatic nitrogens is 2. The summed E-state index contributed by atoms with van der Waals surface area (Å²) >= 11 is 6.09. The van der Waals surface area contributed by atoms with Crippen molar-refractivity contribution in [1.82, 2.24) is 9.97 Å². The molecule has 5 nitrogen and oxygen atoms in total. The number of nitrogens with zero attached hydrogens (tertiary/aromatic N) is 2. The maximum atomic E-state index is 12.4. The van der Waals surface area contributed by atoms with Crippen LogP contribution in [0.1, 0.15) is 27.2 Å². The van der Waals surface area contributed by atoms with Crippen molar-refractivity contribution in [1.29, 1.82) is 0 Å². The molecule has 0 radical (unpaired) electrons. The molecule has 6 heteroatoms. The molecule has 0 unspecified atom stereocenters. The van der Waals surface area contributed by atoms with Crippen molar-refractivity contribution < 1.29 is 4.79 Å². The van der Waals surface area contributed by atoms with Gasteiger partial charge in [0.05, 0.1) is 0 Å². The van der Waals surface area contributed by atoms with Crippen molar-refractivity contribution in [2.24, 2.45) is 0 Å². The number of hydrogen-bond acceptors (Lipinski definition) is 4. The number of rotatable bonds is 5. The van der Waals surface area contributed by atoms with Gasteiger partial charge < -0.3 is 10.6 Å². The second kappa shape index (κ2) is 7.97. The van der Waals surface area contributed by atoms with Crippen LogP contribution in [-0.4, -0.2) is 15.9 Å². The molecule has 0 saturated carbocycles. The Labute approximate surface area is 157 Å². The van der Waals surface area contributed by atoms with Crippen LogP contribution in [0, 0.1) is 13.8 Å². The average molecular weight is 367 g/mol. The topological polar surface area (TPSA) is 66.9 Å². The summed E-state index contributed by atoms with van der Waals surface area (Å²) in [6.45, 7) is 4.53. The smallest absolute Gasteiger partial charge is 0.274 e. The summed E-state index contributed by atoms with van der Waals surface area (Å²) < 4.78 is 0. The average Bonchev–Trinajstić information content (AvgIpc) is 2.64. The van der Waals surface area contributed by atoms with E-state index in [4.69, 9.17) is 11.6 Å². The van der Waals surface area contributed by atoms with Gasteiger partial charge in [0.15, 0.2) is 0 Å². The van der Waals surface area contributed by atoms with E-state index in [0.717, 1.165) is 11.1 Å². The Kier molecular flexibility index (Phi) is 5.49. The molecule has 26 heavy (non-hydrogen) atoms. The van der Waals surface area contributed by atoms with Crippen LogP contribution < -0.4 is 10.6 Å². The van der Waals surface area contributed by atoms with E-state index in [1.165, 1.54) is 5.56 Å². The monoisotopic (exact) mass is 366 g/mol. The van der Waals surface area contributed by atoms with E-state index in [1.807, 2.05) is 32.0 Å². The summed E-state index contributed by atoms with van der Waals surface area (Å²) in [6.07, 6.45) is 1.56. The lowest BCUT2D eigenvalue weighted by atomic mass is 10.1. The largest absolute Gasteiger partial charge is 0.350 e. The number of aryl methyl sites for hydroxylation is 2. The summed E-state index contributed by atoms with van der Waals surface area (Å²) in [5.74, 6) is 0.0888. The molecular weight excluding hydrogens is 348 g/mol. The Bertz CT molecular complexity index is 925. The second-order valence-electron chi connectivity index (χ2n) is 6.02. The summed E-state index contributed by atoms with van der Waals surface area (Å²) in [7, 11) is 0. The predicted molar refractivity (Wildman–Crippen MR) is 105 cm³/mol. The van der Waals surface area contributed by atoms with E-state index in [1.54, 1.807) is 24.4 Å². The molecule has 0 fully saturated rings. The van der Waals surface area contributed by atoms with Crippen LogP contribution in [0.15, 0.2) is 54.7 Å². The zero-order valence-corrected chi connectivity index (χ0v) is 15.3. The first kappa shape index (κ1) is 17.9. The molecule has 0 aliphatic carbocycles. The van der Waals surface area contributed by atoms with Crippen molar-refractivity contribution in [2.45, 2.75) is 20.4 Å². The van der Waals surface area contributed by atoms with Gasteiger partial charge in [-0.15, -0.1) is 0 Å². The van der Waals surface area contributed by atoms with Gasteiger partial charge in [0.2, 0.25) is 5.95 Å². The van der Waals surface area contributed by atoms with Gasteiger partial charge in [0.25, 0.3) is 5.91 Å². The molecule has 0 atom stereocenters. The van der Waals surface area contributed by atoms with Crippen molar-refractivity contribution in [3.8, 4) is 0 Å². The molecule has 3 aromatic rings. The number of benzene rings is 2. The Hall–Kier alpha value is -2.92. The minimum Gasteiger partial charge on any atom is -0.350 e. The molecule has 1 heterocycles. The number of anilines is 2. The van der Waals surface area contributed by atoms with E-state index in [9.17, 15) is 4.79 Å². The van der Waals surface area contributed by atoms with E-state index in [-0.39, 0.29) is 11.6 Å². The fourth-order valence-corrected chi connectivity index (χ4v) is 2.50. The van der Waals surface area contributed by atoms with Crippen LogP contribution in [0.4, 0.5) is 11.6 Å². The Balaban J connectivity index is 1.66. The van der Waals surface area contributed by atoms with Gasteiger partial charge in [0, 0.05) is 23.5 Å². The minimum absolute atomic E-state index is 0.281. The molecule has 0 aliphatic heterocycles. The third-order valence-corrected chi connectivity index (χ3v) is 4.30. The van der Waals surface area contributed by atoms with Crippen LogP contribution in [0.25, 0.3) is 0 Å². The molecule has 3 rings (SSSR count). The Morgan fingerprint density at radius 1 is 1.08 bits per heavy atom. The van der Waals surface area contributed by atoms with Crippen molar-refractivity contribution >= 4 is 29.1 Å². The van der Waals surface area contributed by atoms with Crippen LogP contribution in [-0.2, 0) is 6.54 Å². The zero-order chi connectivity index (χ0) is 18.5. The molecule has 0 saturated heterocycles. The van der Waals surface area contributed by atoms with Gasteiger partial charge in [0.1, 0.15) is 5.69 Å². The van der Waals surface area contributed by atoms with E-state index >= 15 is 0 Å². The molecular formula is C20H19ClN4O. The molecule has 1 aromatic heterocycles. The second-order valence-corrected chi connectivity index (χ2v) is 6.43. The fraction of sp³-hybridized carbons (Fsp3) is 0.150. The zero-order valence-electron chi connectivity index (χ0n) is 14.6. The maximum absolute atomic E-state index is 12.4. The SMILES string of the molecule is Cc1ccc(CNc2nccc(C(=O)Nc3ccc(C)c(Cl)c3)n2)cc1. The molecule has 132 valence electrons. The highest BCUT2D eigenvalue weighted by Gasteiger charge is 2.10. The number of hydrogen-bond donors (Lipinski definition) is 2. The number of halogens is 1. The van der Waals surface area contributed by atoms with E-state index in [2.05, 4.69) is 32.7 Å². The lowest BCUT2D eigenvalue weighted by Gasteiger charge is -2.08. The van der Waals surface area contributed by atoms with Crippen LogP contribution in [0.3, 0.4) is 0 Å². The lowest BCUT2D eigenvalue weighted by Crippen LogP contribution is -2.15. The summed E-state index contributed by atoms with van der Waals surface area (Å²) in [5, 5.41) is 6.53. The maximum Gasteiger partial charge on any atom is 0.274 e. The third-order valence-electron chi connectivity index (χ3n) is 3.89. The number of nitrogens with one attached hydrogen (secondary N) is 2. The Morgan fingerprint density at radius 2 is 1.85 bits per heavy atom. The summed E-state index contributed by atoms with van der Waals surface area (Å²) in [6, 6.07) is 15.1. The third kappa shape index (κ3) is 4.58. The van der Waals surface area contributed by atoms with Gasteiger partial charge in [-0.05, 0) is 43.2 Å². The molecule has 1 amide bonds. The van der Waals surface area contributed by atoms with Crippen LogP contribution in [0.5, 0.6) is 0 Å². The number of carbonyl (C=O) groups excluding carboxylic acids is 1. The van der Waals surface area contributed by atoms with E-state index < -0.39 is 0 Å². The fourth-order valence-electron chi connectivity index (χ4n) is 2.32. The normalized spacial score (nSPS) is 10.4. The molecule has 0 spiro atoms. The van der Waals surface area contributed by atoms with Crippen molar-refractivity contribution in [2.75, 3.05) is 10.6 Å². The highest BCUT2D eigenvalue weighted by molar-refractivity contribution is 6.31. The first-order chi connectivity index (χ1) is 12.5. The van der Waals surface area contributed by atoms with Gasteiger partial charge in [-0.25, -0.2) is 9.97 Å². The van der Waals surface area contributed by atoms with Crippen LogP contribution >= 0.6 is 11.6 Å². The lowest BCUT2D eigenvalue weighted by molar-refractivity contribution is 0.102. The summed E-state index contributed by atoms with van der Waals surface area (Å²) in [5.41, 5.74) is 4.18. The molecule has 2 N–H and O–H groups in total. The number of amides is 1. The first-order valence-corrected chi connectivity index (χ1v) is 8.59.